The van der Waals surface area contributed by atoms with E-state index in [1.165, 1.54) is 4.90 Å². The standard InChI is InChI=1S/C16H17NO3S/c18-15(13-7-4-8-21-11-13)17-14(10-20-16(17)19)9-12-5-2-1-3-6-12/h1-3,5-7,14H,4,8-11H2/t14-/m1/s1. The average molecular weight is 303 g/mol. The normalized spacial score (nSPS) is 21.9. The number of hydrogen-bond acceptors (Lipinski definition) is 4. The summed E-state index contributed by atoms with van der Waals surface area (Å²) in [5, 5.41) is 0. The molecule has 1 atom stereocenters. The summed E-state index contributed by atoms with van der Waals surface area (Å²) in [5.41, 5.74) is 1.83. The molecule has 0 N–H and O–H groups in total. The number of ether oxygens (including phenoxy) is 1. The Labute approximate surface area is 128 Å². The quantitative estimate of drug-likeness (QED) is 0.861. The number of carbonyl (C=O) groups excluding carboxylic acids is 2. The summed E-state index contributed by atoms with van der Waals surface area (Å²) in [6.45, 7) is 0.278. The van der Waals surface area contributed by atoms with Crippen LogP contribution in [0.15, 0.2) is 42.0 Å². The molecule has 1 aromatic carbocycles. The van der Waals surface area contributed by atoms with Crippen molar-refractivity contribution < 1.29 is 14.3 Å². The zero-order chi connectivity index (χ0) is 14.7. The Hall–Kier alpha value is -1.75. The van der Waals surface area contributed by atoms with Gasteiger partial charge in [-0.25, -0.2) is 9.69 Å². The molecule has 0 radical (unpaired) electrons. The topological polar surface area (TPSA) is 46.6 Å². The minimum atomic E-state index is -0.516. The molecule has 0 bridgehead atoms. The summed E-state index contributed by atoms with van der Waals surface area (Å²) in [4.78, 5) is 25.8. The number of hydrogen-bond donors (Lipinski definition) is 0. The molecular formula is C16H17NO3S. The van der Waals surface area contributed by atoms with Crippen LogP contribution in [0.2, 0.25) is 0 Å². The third kappa shape index (κ3) is 3.13. The molecule has 0 unspecified atom stereocenters. The Bertz CT molecular complexity index is 570. The van der Waals surface area contributed by atoms with Crippen LogP contribution in [0.1, 0.15) is 12.0 Å². The van der Waals surface area contributed by atoms with Crippen LogP contribution in [0.5, 0.6) is 0 Å². The lowest BCUT2D eigenvalue weighted by Gasteiger charge is -2.22. The predicted molar refractivity (Wildman–Crippen MR) is 82.2 cm³/mol. The van der Waals surface area contributed by atoms with Gasteiger partial charge in [-0.2, -0.15) is 11.8 Å². The Morgan fingerprint density at radius 1 is 1.33 bits per heavy atom. The van der Waals surface area contributed by atoms with Gasteiger partial charge in [0.15, 0.2) is 0 Å². The van der Waals surface area contributed by atoms with Gasteiger partial charge in [0.2, 0.25) is 0 Å². The maximum Gasteiger partial charge on any atom is 0.417 e. The van der Waals surface area contributed by atoms with Crippen LogP contribution in [0.25, 0.3) is 0 Å². The minimum Gasteiger partial charge on any atom is -0.447 e. The van der Waals surface area contributed by atoms with Crippen LogP contribution in [0, 0.1) is 0 Å². The monoisotopic (exact) mass is 303 g/mol. The van der Waals surface area contributed by atoms with E-state index in [9.17, 15) is 9.59 Å². The molecule has 1 fully saturated rings. The van der Waals surface area contributed by atoms with Crippen LogP contribution < -0.4 is 0 Å². The molecule has 5 heteroatoms. The van der Waals surface area contributed by atoms with Gasteiger partial charge in [-0.15, -0.1) is 0 Å². The van der Waals surface area contributed by atoms with Gasteiger partial charge in [-0.05, 0) is 24.2 Å². The maximum atomic E-state index is 12.6. The molecule has 1 saturated heterocycles. The second-order valence-corrected chi connectivity index (χ2v) is 6.27. The van der Waals surface area contributed by atoms with Crippen molar-refractivity contribution in [2.45, 2.75) is 18.9 Å². The number of benzene rings is 1. The van der Waals surface area contributed by atoms with E-state index in [1.54, 1.807) is 11.8 Å². The molecule has 2 amide bonds. The van der Waals surface area contributed by atoms with Crippen LogP contribution >= 0.6 is 11.8 Å². The Kier molecular flexibility index (Phi) is 4.29. The van der Waals surface area contributed by atoms with E-state index in [4.69, 9.17) is 4.74 Å². The Morgan fingerprint density at radius 3 is 2.86 bits per heavy atom. The van der Waals surface area contributed by atoms with Crippen LogP contribution in [0.3, 0.4) is 0 Å². The molecule has 2 aliphatic heterocycles. The van der Waals surface area contributed by atoms with Crippen molar-refractivity contribution >= 4 is 23.8 Å². The fourth-order valence-electron chi connectivity index (χ4n) is 2.61. The lowest BCUT2D eigenvalue weighted by molar-refractivity contribution is -0.125. The second-order valence-electron chi connectivity index (χ2n) is 5.17. The molecule has 0 saturated carbocycles. The molecule has 21 heavy (non-hydrogen) atoms. The number of thioether (sulfide) groups is 1. The van der Waals surface area contributed by atoms with Gasteiger partial charge in [0.05, 0.1) is 6.04 Å². The van der Waals surface area contributed by atoms with Gasteiger partial charge in [-0.3, -0.25) is 4.79 Å². The molecule has 110 valence electrons. The minimum absolute atomic E-state index is 0.189. The average Bonchev–Trinajstić information content (AvgIpc) is 2.89. The number of allylic oxidation sites excluding steroid dienone is 1. The lowest BCUT2D eigenvalue weighted by atomic mass is 10.1. The van der Waals surface area contributed by atoms with Gasteiger partial charge in [0.1, 0.15) is 6.61 Å². The van der Waals surface area contributed by atoms with Crippen LogP contribution in [-0.2, 0) is 16.0 Å². The molecule has 0 aromatic heterocycles. The first-order valence-electron chi connectivity index (χ1n) is 7.07. The first-order valence-corrected chi connectivity index (χ1v) is 8.22. The third-order valence-corrected chi connectivity index (χ3v) is 4.72. The molecule has 4 nitrogen and oxygen atoms in total. The summed E-state index contributed by atoms with van der Waals surface area (Å²) in [5.74, 6) is 1.53. The smallest absolute Gasteiger partial charge is 0.417 e. The van der Waals surface area contributed by atoms with Crippen molar-refractivity contribution in [1.82, 2.24) is 4.90 Å². The van der Waals surface area contributed by atoms with Crippen molar-refractivity contribution in [2.24, 2.45) is 0 Å². The maximum absolute atomic E-state index is 12.6. The number of imide groups is 1. The molecule has 2 aliphatic rings. The molecule has 1 aromatic rings. The fraction of sp³-hybridized carbons (Fsp3) is 0.375. The number of cyclic esters (lactones) is 1. The van der Waals surface area contributed by atoms with E-state index in [1.807, 2.05) is 36.4 Å². The predicted octanol–water partition coefficient (Wildman–Crippen LogP) is 2.64. The summed E-state index contributed by atoms with van der Waals surface area (Å²) < 4.78 is 5.09. The van der Waals surface area contributed by atoms with Gasteiger partial charge in [0, 0.05) is 11.3 Å². The zero-order valence-electron chi connectivity index (χ0n) is 11.7. The SMILES string of the molecule is O=C1OC[C@@H](Cc2ccccc2)N1C(=O)C1=CCCSC1. The first kappa shape index (κ1) is 14.2. The Balaban J connectivity index is 1.76. The molecule has 3 rings (SSSR count). The fourth-order valence-corrected chi connectivity index (χ4v) is 3.50. The highest BCUT2D eigenvalue weighted by Crippen LogP contribution is 2.24. The number of rotatable bonds is 3. The van der Waals surface area contributed by atoms with Gasteiger partial charge < -0.3 is 4.74 Å². The van der Waals surface area contributed by atoms with Gasteiger partial charge in [-0.1, -0.05) is 36.4 Å². The molecule has 0 aliphatic carbocycles. The number of amides is 2. The van der Waals surface area contributed by atoms with E-state index in [2.05, 4.69) is 0 Å². The lowest BCUT2D eigenvalue weighted by Crippen LogP contribution is -2.41. The molecule has 0 spiro atoms. The first-order chi connectivity index (χ1) is 10.3. The molecular weight excluding hydrogens is 286 g/mol. The van der Waals surface area contributed by atoms with Crippen molar-refractivity contribution in [2.75, 3.05) is 18.1 Å². The highest BCUT2D eigenvalue weighted by molar-refractivity contribution is 7.99. The van der Waals surface area contributed by atoms with Crippen LogP contribution in [0.4, 0.5) is 4.79 Å². The van der Waals surface area contributed by atoms with Crippen molar-refractivity contribution in [3.63, 3.8) is 0 Å². The summed E-state index contributed by atoms with van der Waals surface area (Å²) in [7, 11) is 0. The van der Waals surface area contributed by atoms with Crippen molar-refractivity contribution in [1.29, 1.82) is 0 Å². The highest BCUT2D eigenvalue weighted by atomic mass is 32.2. The van der Waals surface area contributed by atoms with E-state index in [0.29, 0.717) is 12.2 Å². The summed E-state index contributed by atoms with van der Waals surface area (Å²) in [6.07, 6.45) is 2.96. The number of carbonyl (C=O) groups is 2. The van der Waals surface area contributed by atoms with Gasteiger partial charge >= 0.3 is 6.09 Å². The van der Waals surface area contributed by atoms with E-state index >= 15 is 0 Å². The summed E-state index contributed by atoms with van der Waals surface area (Å²) >= 11 is 1.73. The van der Waals surface area contributed by atoms with E-state index in [-0.39, 0.29) is 18.6 Å². The third-order valence-electron chi connectivity index (χ3n) is 3.68. The van der Waals surface area contributed by atoms with Gasteiger partial charge in [0.25, 0.3) is 5.91 Å². The molecule has 2 heterocycles. The second kappa shape index (κ2) is 6.35. The van der Waals surface area contributed by atoms with Crippen molar-refractivity contribution in [3.05, 3.63) is 47.5 Å². The summed E-state index contributed by atoms with van der Waals surface area (Å²) in [6, 6.07) is 9.66. The number of nitrogens with zero attached hydrogens (tertiary/aromatic N) is 1. The van der Waals surface area contributed by atoms with E-state index in [0.717, 1.165) is 23.3 Å². The largest absolute Gasteiger partial charge is 0.447 e. The highest BCUT2D eigenvalue weighted by Gasteiger charge is 2.39. The van der Waals surface area contributed by atoms with E-state index < -0.39 is 6.09 Å². The van der Waals surface area contributed by atoms with Crippen molar-refractivity contribution in [3.8, 4) is 0 Å². The zero-order valence-corrected chi connectivity index (χ0v) is 12.5. The Morgan fingerprint density at radius 2 is 2.14 bits per heavy atom. The van der Waals surface area contributed by atoms with Crippen LogP contribution in [-0.4, -0.2) is 41.1 Å².